The summed E-state index contributed by atoms with van der Waals surface area (Å²) in [4.78, 5) is 23.0. The highest BCUT2D eigenvalue weighted by atomic mass is 35.5. The molecule has 1 aliphatic heterocycles. The summed E-state index contributed by atoms with van der Waals surface area (Å²) in [6.07, 6.45) is 6.50. The van der Waals surface area contributed by atoms with E-state index >= 15 is 0 Å². The van der Waals surface area contributed by atoms with Gasteiger partial charge in [0.15, 0.2) is 5.16 Å². The van der Waals surface area contributed by atoms with Crippen molar-refractivity contribution in [3.63, 3.8) is 0 Å². The minimum absolute atomic E-state index is 0.173. The molecule has 0 saturated carbocycles. The van der Waals surface area contributed by atoms with Crippen molar-refractivity contribution in [2.75, 3.05) is 30.9 Å². The van der Waals surface area contributed by atoms with Crippen LogP contribution in [0.5, 0.6) is 0 Å². The molecule has 1 saturated heterocycles. The van der Waals surface area contributed by atoms with Crippen LogP contribution in [0.2, 0.25) is 5.15 Å². The molecule has 0 amide bonds. The molecule has 0 bridgehead atoms. The van der Waals surface area contributed by atoms with Crippen molar-refractivity contribution in [1.82, 2.24) is 9.97 Å². The molecule has 116 valence electrons. The molecule has 1 fully saturated rings. The van der Waals surface area contributed by atoms with Crippen LogP contribution in [0.4, 0.5) is 5.82 Å². The van der Waals surface area contributed by atoms with Crippen LogP contribution in [0, 0.1) is 0 Å². The molecule has 1 aromatic heterocycles. The first-order valence-corrected chi connectivity index (χ1v) is 8.81. The topological polar surface area (TPSA) is 55.3 Å². The lowest BCUT2D eigenvalue weighted by molar-refractivity contribution is 0.0526. The molecule has 0 aliphatic carbocycles. The number of rotatable bonds is 4. The number of aromatic nitrogens is 2. The van der Waals surface area contributed by atoms with Gasteiger partial charge in [0.1, 0.15) is 16.5 Å². The molecule has 0 atom stereocenters. The summed E-state index contributed by atoms with van der Waals surface area (Å²) in [5.74, 6) is 0.161. The van der Waals surface area contributed by atoms with Crippen molar-refractivity contribution >= 4 is 35.1 Å². The maximum atomic E-state index is 12.2. The number of thioether (sulfide) groups is 1. The first-order valence-electron chi connectivity index (χ1n) is 7.21. The van der Waals surface area contributed by atoms with Crippen LogP contribution in [0.15, 0.2) is 5.16 Å². The molecule has 2 rings (SSSR count). The molecule has 7 heteroatoms. The van der Waals surface area contributed by atoms with Gasteiger partial charge in [0.05, 0.1) is 6.61 Å². The summed E-state index contributed by atoms with van der Waals surface area (Å²) in [7, 11) is 0. The number of anilines is 1. The Morgan fingerprint density at radius 1 is 1.29 bits per heavy atom. The van der Waals surface area contributed by atoms with Gasteiger partial charge in [0.2, 0.25) is 0 Å². The van der Waals surface area contributed by atoms with Gasteiger partial charge in [-0.25, -0.2) is 14.8 Å². The zero-order valence-electron chi connectivity index (χ0n) is 12.4. The minimum atomic E-state index is -0.450. The summed E-state index contributed by atoms with van der Waals surface area (Å²) in [6, 6.07) is 0. The van der Waals surface area contributed by atoms with Crippen LogP contribution in [0.3, 0.4) is 0 Å². The first-order chi connectivity index (χ1) is 10.2. The Kier molecular flexibility index (Phi) is 6.11. The van der Waals surface area contributed by atoms with E-state index in [9.17, 15) is 4.79 Å². The van der Waals surface area contributed by atoms with Crippen molar-refractivity contribution in [3.05, 3.63) is 10.7 Å². The van der Waals surface area contributed by atoms with Gasteiger partial charge in [0, 0.05) is 13.1 Å². The number of nitrogens with zero attached hydrogens (tertiary/aromatic N) is 3. The van der Waals surface area contributed by atoms with Crippen molar-refractivity contribution in [2.45, 2.75) is 37.8 Å². The predicted octanol–water partition coefficient (Wildman–Crippen LogP) is 3.41. The van der Waals surface area contributed by atoms with Gasteiger partial charge >= 0.3 is 5.97 Å². The van der Waals surface area contributed by atoms with E-state index in [2.05, 4.69) is 14.9 Å². The molecule has 1 aromatic rings. The van der Waals surface area contributed by atoms with Crippen molar-refractivity contribution in [2.24, 2.45) is 0 Å². The maximum absolute atomic E-state index is 12.2. The number of ether oxygens (including phenoxy) is 1. The molecule has 0 N–H and O–H groups in total. The van der Waals surface area contributed by atoms with Crippen molar-refractivity contribution in [1.29, 1.82) is 0 Å². The molecule has 0 unspecified atom stereocenters. The second kappa shape index (κ2) is 7.84. The van der Waals surface area contributed by atoms with Crippen LogP contribution in [-0.4, -0.2) is 41.9 Å². The third kappa shape index (κ3) is 4.01. The summed E-state index contributed by atoms with van der Waals surface area (Å²) in [6.45, 7) is 3.84. The van der Waals surface area contributed by atoms with Crippen molar-refractivity contribution in [3.8, 4) is 0 Å². The van der Waals surface area contributed by atoms with E-state index in [1.54, 1.807) is 6.92 Å². The number of carbonyl (C=O) groups excluding carboxylic acids is 1. The standard InChI is InChI=1S/C14H20ClN3O2S/c1-3-20-13(19)10-11(15)16-14(21-2)17-12(10)18-8-6-4-5-7-9-18/h3-9H2,1-2H3. The number of hydrogen-bond acceptors (Lipinski definition) is 6. The van der Waals surface area contributed by atoms with Gasteiger partial charge in [-0.15, -0.1) is 0 Å². The van der Waals surface area contributed by atoms with Crippen LogP contribution in [0.25, 0.3) is 0 Å². The first kappa shape index (κ1) is 16.4. The van der Waals surface area contributed by atoms with E-state index < -0.39 is 5.97 Å². The van der Waals surface area contributed by atoms with E-state index in [-0.39, 0.29) is 5.15 Å². The lowest BCUT2D eigenvalue weighted by Crippen LogP contribution is -2.28. The Labute approximate surface area is 134 Å². The maximum Gasteiger partial charge on any atom is 0.345 e. The highest BCUT2D eigenvalue weighted by Crippen LogP contribution is 2.29. The zero-order chi connectivity index (χ0) is 15.2. The number of hydrogen-bond donors (Lipinski definition) is 0. The Bertz CT molecular complexity index is 505. The van der Waals surface area contributed by atoms with Gasteiger partial charge in [-0.1, -0.05) is 36.2 Å². The Balaban J connectivity index is 2.43. The fraction of sp³-hybridized carbons (Fsp3) is 0.643. The van der Waals surface area contributed by atoms with Crippen LogP contribution in [0.1, 0.15) is 43.0 Å². The van der Waals surface area contributed by atoms with Crippen molar-refractivity contribution < 1.29 is 9.53 Å². The molecular formula is C14H20ClN3O2S. The predicted molar refractivity (Wildman–Crippen MR) is 85.5 cm³/mol. The molecule has 0 radical (unpaired) electrons. The zero-order valence-corrected chi connectivity index (χ0v) is 14.0. The average molecular weight is 330 g/mol. The smallest absolute Gasteiger partial charge is 0.345 e. The van der Waals surface area contributed by atoms with E-state index in [1.165, 1.54) is 24.6 Å². The largest absolute Gasteiger partial charge is 0.462 e. The third-order valence-corrected chi connectivity index (χ3v) is 4.21. The van der Waals surface area contributed by atoms with Gasteiger partial charge in [0.25, 0.3) is 0 Å². The highest BCUT2D eigenvalue weighted by Gasteiger charge is 2.25. The molecule has 0 spiro atoms. The molecule has 1 aliphatic rings. The normalized spacial score (nSPS) is 15.7. The molecule has 5 nitrogen and oxygen atoms in total. The second-order valence-corrected chi connectivity index (χ2v) is 5.95. The van der Waals surface area contributed by atoms with E-state index in [0.717, 1.165) is 25.9 Å². The quantitative estimate of drug-likeness (QED) is 0.365. The number of esters is 1. The highest BCUT2D eigenvalue weighted by molar-refractivity contribution is 7.98. The monoisotopic (exact) mass is 329 g/mol. The molecule has 0 aromatic carbocycles. The van der Waals surface area contributed by atoms with Gasteiger partial charge in [-0.2, -0.15) is 0 Å². The van der Waals surface area contributed by atoms with Gasteiger partial charge in [-0.3, -0.25) is 0 Å². The third-order valence-electron chi connectivity index (χ3n) is 3.39. The Hall–Kier alpha value is -1.01. The molecule has 21 heavy (non-hydrogen) atoms. The minimum Gasteiger partial charge on any atom is -0.462 e. The molecule has 2 heterocycles. The van der Waals surface area contributed by atoms with Crippen LogP contribution in [-0.2, 0) is 4.74 Å². The van der Waals surface area contributed by atoms with Crippen LogP contribution < -0.4 is 4.90 Å². The number of carbonyl (C=O) groups is 1. The fourth-order valence-electron chi connectivity index (χ4n) is 2.38. The Morgan fingerprint density at radius 2 is 1.95 bits per heavy atom. The summed E-state index contributed by atoms with van der Waals surface area (Å²) in [5.41, 5.74) is 0.290. The lowest BCUT2D eigenvalue weighted by Gasteiger charge is -2.24. The lowest BCUT2D eigenvalue weighted by atomic mass is 10.2. The molecular weight excluding hydrogens is 310 g/mol. The van der Waals surface area contributed by atoms with E-state index in [1.807, 2.05) is 6.26 Å². The second-order valence-electron chi connectivity index (χ2n) is 4.82. The average Bonchev–Trinajstić information content (AvgIpc) is 2.75. The summed E-state index contributed by atoms with van der Waals surface area (Å²) in [5, 5.41) is 0.749. The summed E-state index contributed by atoms with van der Waals surface area (Å²) >= 11 is 7.63. The SMILES string of the molecule is CCOC(=O)c1c(Cl)nc(SC)nc1N1CCCCCC1. The van der Waals surface area contributed by atoms with Crippen LogP contribution >= 0.6 is 23.4 Å². The van der Waals surface area contributed by atoms with Gasteiger partial charge in [-0.05, 0) is 26.0 Å². The van der Waals surface area contributed by atoms with Gasteiger partial charge < -0.3 is 9.64 Å². The fourth-order valence-corrected chi connectivity index (χ4v) is 3.04. The Morgan fingerprint density at radius 3 is 2.52 bits per heavy atom. The van der Waals surface area contributed by atoms with E-state index in [0.29, 0.717) is 23.1 Å². The summed E-state index contributed by atoms with van der Waals surface area (Å²) < 4.78 is 5.11. The number of halogens is 1. The van der Waals surface area contributed by atoms with E-state index in [4.69, 9.17) is 16.3 Å².